The number of benzene rings is 1. The van der Waals surface area contributed by atoms with Crippen molar-refractivity contribution < 1.29 is 0 Å². The molecule has 1 aromatic carbocycles. The molecule has 106 valence electrons. The van der Waals surface area contributed by atoms with Crippen LogP contribution in [0.25, 0.3) is 0 Å². The molecule has 1 aromatic heterocycles. The summed E-state index contributed by atoms with van der Waals surface area (Å²) in [5.74, 6) is 0.628. The molecule has 3 nitrogen and oxygen atoms in total. The average molecular weight is 287 g/mol. The van der Waals surface area contributed by atoms with Crippen LogP contribution in [0.4, 0.5) is 5.69 Å². The molecule has 1 aliphatic rings. The van der Waals surface area contributed by atoms with E-state index in [1.165, 1.54) is 16.3 Å². The maximum atomic E-state index is 4.44. The smallest absolute Gasteiger partial charge is 0.112 e. The van der Waals surface area contributed by atoms with Crippen molar-refractivity contribution in [2.45, 2.75) is 33.0 Å². The van der Waals surface area contributed by atoms with E-state index in [9.17, 15) is 0 Å². The van der Waals surface area contributed by atoms with E-state index in [0.717, 1.165) is 19.6 Å². The zero-order valence-electron chi connectivity index (χ0n) is 12.0. The first-order chi connectivity index (χ1) is 9.74. The lowest BCUT2D eigenvalue weighted by Crippen LogP contribution is -2.41. The lowest BCUT2D eigenvalue weighted by molar-refractivity contribution is 0.403. The van der Waals surface area contributed by atoms with E-state index >= 15 is 0 Å². The molecule has 1 atom stereocenters. The Balaban J connectivity index is 1.90. The largest absolute Gasteiger partial charge is 0.363 e. The number of para-hydroxylation sites is 1. The third-order valence-electron chi connectivity index (χ3n) is 3.92. The molecular weight excluding hydrogens is 266 g/mol. The summed E-state index contributed by atoms with van der Waals surface area (Å²) in [6, 6.07) is 9.22. The molecule has 2 heterocycles. The van der Waals surface area contributed by atoms with Crippen molar-refractivity contribution in [3.8, 4) is 0 Å². The quantitative estimate of drug-likeness (QED) is 0.939. The number of hydrogen-bond donors (Lipinski definition) is 1. The fourth-order valence-electron chi connectivity index (χ4n) is 2.70. The van der Waals surface area contributed by atoms with Gasteiger partial charge in [-0.15, -0.1) is 11.3 Å². The average Bonchev–Trinajstić information content (AvgIpc) is 2.88. The van der Waals surface area contributed by atoms with E-state index in [-0.39, 0.29) is 0 Å². The van der Waals surface area contributed by atoms with Crippen molar-refractivity contribution in [3.05, 3.63) is 46.4 Å². The molecule has 1 aliphatic heterocycles. The maximum Gasteiger partial charge on any atom is 0.112 e. The van der Waals surface area contributed by atoms with Crippen LogP contribution in [-0.4, -0.2) is 17.6 Å². The Bertz CT molecular complexity index is 551. The molecule has 1 N–H and O–H groups in total. The van der Waals surface area contributed by atoms with Gasteiger partial charge in [0.1, 0.15) is 5.01 Å². The van der Waals surface area contributed by atoms with Crippen LogP contribution >= 0.6 is 11.3 Å². The Kier molecular flexibility index (Phi) is 4.03. The summed E-state index contributed by atoms with van der Waals surface area (Å²) in [5.41, 5.74) is 2.73. The SMILES string of the molecule is CC(C)C1CN(Cc2nccs2)c2ccccc2CN1. The summed E-state index contributed by atoms with van der Waals surface area (Å²) < 4.78 is 0. The zero-order chi connectivity index (χ0) is 13.9. The molecule has 0 saturated carbocycles. The Labute approximate surface area is 124 Å². The summed E-state index contributed by atoms with van der Waals surface area (Å²) in [6.07, 6.45) is 1.89. The summed E-state index contributed by atoms with van der Waals surface area (Å²) in [7, 11) is 0. The van der Waals surface area contributed by atoms with Crippen molar-refractivity contribution in [2.24, 2.45) is 5.92 Å². The van der Waals surface area contributed by atoms with Crippen LogP contribution in [0.15, 0.2) is 35.8 Å². The lowest BCUT2D eigenvalue weighted by atomic mass is 10.0. The second-order valence-corrected chi connectivity index (χ2v) is 6.65. The Morgan fingerprint density at radius 3 is 3.00 bits per heavy atom. The van der Waals surface area contributed by atoms with Crippen molar-refractivity contribution in [1.29, 1.82) is 0 Å². The van der Waals surface area contributed by atoms with E-state index < -0.39 is 0 Å². The lowest BCUT2D eigenvalue weighted by Gasteiger charge is -2.28. The number of fused-ring (bicyclic) bond motifs is 1. The monoisotopic (exact) mass is 287 g/mol. The molecule has 3 rings (SSSR count). The minimum atomic E-state index is 0.516. The van der Waals surface area contributed by atoms with Gasteiger partial charge < -0.3 is 10.2 Å². The summed E-state index contributed by atoms with van der Waals surface area (Å²) in [4.78, 5) is 6.91. The van der Waals surface area contributed by atoms with Crippen LogP contribution < -0.4 is 10.2 Å². The molecular formula is C16H21N3S. The molecule has 0 saturated heterocycles. The third kappa shape index (κ3) is 2.86. The summed E-state index contributed by atoms with van der Waals surface area (Å²) in [6.45, 7) is 7.46. The van der Waals surface area contributed by atoms with Gasteiger partial charge in [-0.05, 0) is 17.5 Å². The molecule has 0 fully saturated rings. The van der Waals surface area contributed by atoms with Crippen LogP contribution in [0.1, 0.15) is 24.4 Å². The van der Waals surface area contributed by atoms with Gasteiger partial charge in [-0.25, -0.2) is 4.98 Å². The number of nitrogens with zero attached hydrogens (tertiary/aromatic N) is 2. The third-order valence-corrected chi connectivity index (χ3v) is 4.68. The van der Waals surface area contributed by atoms with Crippen molar-refractivity contribution in [1.82, 2.24) is 10.3 Å². The first-order valence-electron chi connectivity index (χ1n) is 7.18. The van der Waals surface area contributed by atoms with Crippen LogP contribution in [0.3, 0.4) is 0 Å². The number of nitrogens with one attached hydrogen (secondary N) is 1. The summed E-state index contributed by atoms with van der Waals surface area (Å²) >= 11 is 1.73. The minimum Gasteiger partial charge on any atom is -0.363 e. The van der Waals surface area contributed by atoms with Gasteiger partial charge >= 0.3 is 0 Å². The van der Waals surface area contributed by atoms with Crippen molar-refractivity contribution >= 4 is 17.0 Å². The van der Waals surface area contributed by atoms with Crippen molar-refractivity contribution in [3.63, 3.8) is 0 Å². The Morgan fingerprint density at radius 1 is 1.40 bits per heavy atom. The maximum absolute atomic E-state index is 4.44. The fourth-order valence-corrected chi connectivity index (χ4v) is 3.33. The normalized spacial score (nSPS) is 18.9. The van der Waals surface area contributed by atoms with Gasteiger partial charge in [-0.3, -0.25) is 0 Å². The number of thiazole rings is 1. The van der Waals surface area contributed by atoms with Gasteiger partial charge in [0.05, 0.1) is 6.54 Å². The van der Waals surface area contributed by atoms with Gasteiger partial charge in [0.25, 0.3) is 0 Å². The second-order valence-electron chi connectivity index (χ2n) is 5.67. The standard InChI is InChI=1S/C16H21N3S/c1-12(2)14-10-19(11-16-17-7-8-20-16)15-6-4-3-5-13(15)9-18-14/h3-8,12,14,18H,9-11H2,1-2H3. The highest BCUT2D eigenvalue weighted by Crippen LogP contribution is 2.26. The van der Waals surface area contributed by atoms with Gasteiger partial charge in [0.2, 0.25) is 0 Å². The number of anilines is 1. The highest BCUT2D eigenvalue weighted by atomic mass is 32.1. The van der Waals surface area contributed by atoms with Gasteiger partial charge in [0, 0.05) is 36.4 Å². The van der Waals surface area contributed by atoms with Crippen molar-refractivity contribution in [2.75, 3.05) is 11.4 Å². The number of rotatable bonds is 3. The van der Waals surface area contributed by atoms with Crippen LogP contribution in [0, 0.1) is 5.92 Å². The number of hydrogen-bond acceptors (Lipinski definition) is 4. The van der Waals surface area contributed by atoms with Crippen LogP contribution in [0.5, 0.6) is 0 Å². The molecule has 0 spiro atoms. The predicted octanol–water partition coefficient (Wildman–Crippen LogP) is 3.28. The molecule has 0 aliphatic carbocycles. The highest BCUT2D eigenvalue weighted by Gasteiger charge is 2.23. The van der Waals surface area contributed by atoms with E-state index in [4.69, 9.17) is 0 Å². The van der Waals surface area contributed by atoms with Gasteiger partial charge in [-0.2, -0.15) is 0 Å². The first-order valence-corrected chi connectivity index (χ1v) is 8.06. The van der Waals surface area contributed by atoms with Gasteiger partial charge in [0.15, 0.2) is 0 Å². The molecule has 2 aromatic rings. The molecule has 20 heavy (non-hydrogen) atoms. The first kappa shape index (κ1) is 13.6. The Morgan fingerprint density at radius 2 is 2.25 bits per heavy atom. The van der Waals surface area contributed by atoms with Crippen LogP contribution in [-0.2, 0) is 13.1 Å². The highest BCUT2D eigenvalue weighted by molar-refractivity contribution is 7.09. The molecule has 1 unspecified atom stereocenters. The summed E-state index contributed by atoms with van der Waals surface area (Å²) in [5, 5.41) is 6.93. The Hall–Kier alpha value is -1.39. The fraction of sp³-hybridized carbons (Fsp3) is 0.438. The predicted molar refractivity (Wildman–Crippen MR) is 85.1 cm³/mol. The topological polar surface area (TPSA) is 28.2 Å². The van der Waals surface area contributed by atoms with E-state index in [1.54, 1.807) is 11.3 Å². The van der Waals surface area contributed by atoms with Crippen LogP contribution in [0.2, 0.25) is 0 Å². The second kappa shape index (κ2) is 5.94. The van der Waals surface area contributed by atoms with Gasteiger partial charge in [-0.1, -0.05) is 32.0 Å². The molecule has 4 heteroatoms. The molecule has 0 bridgehead atoms. The minimum absolute atomic E-state index is 0.516. The van der Waals surface area contributed by atoms with E-state index in [2.05, 4.69) is 58.7 Å². The van der Waals surface area contributed by atoms with E-state index in [0.29, 0.717) is 12.0 Å². The molecule has 0 amide bonds. The molecule has 0 radical (unpaired) electrons. The van der Waals surface area contributed by atoms with E-state index in [1.807, 2.05) is 6.20 Å². The zero-order valence-corrected chi connectivity index (χ0v) is 12.9. The number of aromatic nitrogens is 1.